The molecule has 0 radical (unpaired) electrons. The molecule has 2 aromatic rings. The molecule has 0 atom stereocenters. The van der Waals surface area contributed by atoms with E-state index >= 15 is 0 Å². The van der Waals surface area contributed by atoms with Crippen LogP contribution in [0, 0.1) is 15.9 Å². The van der Waals surface area contributed by atoms with Crippen LogP contribution in [-0.4, -0.2) is 10.0 Å². The van der Waals surface area contributed by atoms with Crippen molar-refractivity contribution in [3.63, 3.8) is 0 Å². The van der Waals surface area contributed by atoms with Crippen LogP contribution >= 0.6 is 23.2 Å². The van der Waals surface area contributed by atoms with Gasteiger partial charge in [-0.15, -0.1) is 0 Å². The van der Waals surface area contributed by atoms with Crippen LogP contribution in [0.2, 0.25) is 10.0 Å². The van der Waals surface area contributed by atoms with E-state index in [1.54, 1.807) is 0 Å². The standard InChI is InChI=1S/C13H9Cl2FN2O3/c14-8-3-7(13(19)10(15)4-8)6-17-12-5-9(18(20)21)1-2-11(12)16/h1-5,17,19H,6H2. The van der Waals surface area contributed by atoms with Crippen molar-refractivity contribution in [2.45, 2.75) is 6.54 Å². The molecule has 2 rings (SSSR count). The van der Waals surface area contributed by atoms with Crippen molar-refractivity contribution in [1.29, 1.82) is 0 Å². The number of hydrogen-bond acceptors (Lipinski definition) is 4. The van der Waals surface area contributed by atoms with Crippen LogP contribution < -0.4 is 5.32 Å². The predicted octanol–water partition coefficient (Wildman–Crippen LogP) is 4.36. The van der Waals surface area contributed by atoms with Gasteiger partial charge in [-0.25, -0.2) is 4.39 Å². The van der Waals surface area contributed by atoms with Crippen LogP contribution in [0.25, 0.3) is 0 Å². The van der Waals surface area contributed by atoms with Crippen molar-refractivity contribution in [3.05, 3.63) is 61.9 Å². The maximum Gasteiger partial charge on any atom is 0.271 e. The molecule has 21 heavy (non-hydrogen) atoms. The first-order valence-electron chi connectivity index (χ1n) is 5.73. The fraction of sp³-hybridized carbons (Fsp3) is 0.0769. The minimum atomic E-state index is -0.645. The number of aromatic hydroxyl groups is 1. The SMILES string of the molecule is O=[N+]([O-])c1ccc(F)c(NCc2cc(Cl)cc(Cl)c2O)c1. The van der Waals surface area contributed by atoms with Gasteiger partial charge in [-0.05, 0) is 18.2 Å². The zero-order chi connectivity index (χ0) is 15.6. The Labute approximate surface area is 129 Å². The average molecular weight is 331 g/mol. The van der Waals surface area contributed by atoms with E-state index in [-0.39, 0.29) is 28.7 Å². The Morgan fingerprint density at radius 1 is 1.29 bits per heavy atom. The highest BCUT2D eigenvalue weighted by Gasteiger charge is 2.12. The Hall–Kier alpha value is -2.05. The van der Waals surface area contributed by atoms with Crippen molar-refractivity contribution in [3.8, 4) is 5.75 Å². The van der Waals surface area contributed by atoms with E-state index in [0.717, 1.165) is 18.2 Å². The summed E-state index contributed by atoms with van der Waals surface area (Å²) in [7, 11) is 0. The van der Waals surface area contributed by atoms with E-state index in [1.807, 2.05) is 0 Å². The number of phenolic OH excluding ortho intramolecular Hbond substituents is 1. The summed E-state index contributed by atoms with van der Waals surface area (Å²) < 4.78 is 13.6. The molecule has 0 spiro atoms. The molecule has 8 heteroatoms. The normalized spacial score (nSPS) is 10.4. The average Bonchev–Trinajstić information content (AvgIpc) is 2.42. The number of nitro benzene ring substituents is 1. The number of hydrogen-bond donors (Lipinski definition) is 2. The Kier molecular flexibility index (Phi) is 4.50. The molecule has 0 bridgehead atoms. The smallest absolute Gasteiger partial charge is 0.271 e. The highest BCUT2D eigenvalue weighted by Crippen LogP contribution is 2.32. The summed E-state index contributed by atoms with van der Waals surface area (Å²) in [5, 5.41) is 23.5. The maximum absolute atomic E-state index is 13.6. The fourth-order valence-electron chi connectivity index (χ4n) is 1.71. The van der Waals surface area contributed by atoms with Crippen molar-refractivity contribution in [1.82, 2.24) is 0 Å². The lowest BCUT2D eigenvalue weighted by Crippen LogP contribution is -2.03. The monoisotopic (exact) mass is 330 g/mol. The summed E-state index contributed by atoms with van der Waals surface area (Å²) in [6.07, 6.45) is 0. The summed E-state index contributed by atoms with van der Waals surface area (Å²) >= 11 is 11.6. The highest BCUT2D eigenvalue weighted by atomic mass is 35.5. The van der Waals surface area contributed by atoms with E-state index in [0.29, 0.717) is 10.6 Å². The summed E-state index contributed by atoms with van der Waals surface area (Å²) in [5.74, 6) is -0.826. The lowest BCUT2D eigenvalue weighted by molar-refractivity contribution is -0.384. The van der Waals surface area contributed by atoms with E-state index in [4.69, 9.17) is 23.2 Å². The van der Waals surface area contributed by atoms with E-state index in [2.05, 4.69) is 5.32 Å². The van der Waals surface area contributed by atoms with Crippen LogP contribution in [0.1, 0.15) is 5.56 Å². The third-order valence-corrected chi connectivity index (χ3v) is 3.24. The summed E-state index contributed by atoms with van der Waals surface area (Å²) in [5.41, 5.74) is 0.0466. The number of phenols is 1. The number of anilines is 1. The number of non-ortho nitro benzene ring substituents is 1. The van der Waals surface area contributed by atoms with E-state index < -0.39 is 10.7 Å². The van der Waals surface area contributed by atoms with Crippen molar-refractivity contribution in [2.24, 2.45) is 0 Å². The summed E-state index contributed by atoms with van der Waals surface area (Å²) in [6, 6.07) is 5.96. The first kappa shape index (κ1) is 15.3. The van der Waals surface area contributed by atoms with Gasteiger partial charge in [-0.2, -0.15) is 0 Å². The Bertz CT molecular complexity index is 710. The molecular formula is C13H9Cl2FN2O3. The second kappa shape index (κ2) is 6.15. The maximum atomic E-state index is 13.6. The molecule has 0 unspecified atom stereocenters. The highest BCUT2D eigenvalue weighted by molar-refractivity contribution is 6.35. The van der Waals surface area contributed by atoms with E-state index in [1.165, 1.54) is 12.1 Å². The van der Waals surface area contributed by atoms with Gasteiger partial charge >= 0.3 is 0 Å². The minimum Gasteiger partial charge on any atom is -0.506 e. The zero-order valence-corrected chi connectivity index (χ0v) is 12.0. The number of halogens is 3. The van der Waals surface area contributed by atoms with Gasteiger partial charge in [0, 0.05) is 29.3 Å². The number of nitrogens with one attached hydrogen (secondary N) is 1. The minimum absolute atomic E-state index is 0.00417. The Balaban J connectivity index is 2.24. The van der Waals surface area contributed by atoms with Crippen LogP contribution in [0.15, 0.2) is 30.3 Å². The van der Waals surface area contributed by atoms with Crippen molar-refractivity contribution < 1.29 is 14.4 Å². The van der Waals surface area contributed by atoms with Crippen molar-refractivity contribution in [2.75, 3.05) is 5.32 Å². The lowest BCUT2D eigenvalue weighted by atomic mass is 10.2. The number of nitro groups is 1. The molecule has 2 aromatic carbocycles. The van der Waals surface area contributed by atoms with Gasteiger partial charge in [-0.3, -0.25) is 10.1 Å². The molecular weight excluding hydrogens is 322 g/mol. The predicted molar refractivity (Wildman–Crippen MR) is 78.5 cm³/mol. The third-order valence-electron chi connectivity index (χ3n) is 2.74. The Morgan fingerprint density at radius 2 is 2.00 bits per heavy atom. The van der Waals surface area contributed by atoms with E-state index in [9.17, 15) is 19.6 Å². The molecule has 0 fully saturated rings. The van der Waals surface area contributed by atoms with Crippen LogP contribution in [0.5, 0.6) is 5.75 Å². The summed E-state index contributed by atoms with van der Waals surface area (Å²) in [6.45, 7) is 0.00417. The largest absolute Gasteiger partial charge is 0.506 e. The lowest BCUT2D eigenvalue weighted by Gasteiger charge is -2.10. The van der Waals surface area contributed by atoms with Crippen molar-refractivity contribution >= 4 is 34.6 Å². The quantitative estimate of drug-likeness (QED) is 0.645. The molecule has 0 heterocycles. The molecule has 0 aliphatic carbocycles. The number of nitrogens with zero attached hydrogens (tertiary/aromatic N) is 1. The third kappa shape index (κ3) is 3.53. The van der Waals surface area contributed by atoms with Gasteiger partial charge in [0.2, 0.25) is 0 Å². The van der Waals surface area contributed by atoms with Gasteiger partial charge in [0.1, 0.15) is 11.6 Å². The fourth-order valence-corrected chi connectivity index (χ4v) is 2.24. The van der Waals surface area contributed by atoms with Crippen LogP contribution in [0.3, 0.4) is 0 Å². The molecule has 0 aliphatic rings. The van der Waals surface area contributed by atoms with Gasteiger partial charge in [0.15, 0.2) is 0 Å². The summed E-state index contributed by atoms with van der Waals surface area (Å²) in [4.78, 5) is 10.0. The first-order chi connectivity index (χ1) is 9.88. The molecule has 0 aliphatic heterocycles. The Morgan fingerprint density at radius 3 is 2.67 bits per heavy atom. The molecule has 0 aromatic heterocycles. The van der Waals surface area contributed by atoms with Gasteiger partial charge in [0.25, 0.3) is 5.69 Å². The second-order valence-electron chi connectivity index (χ2n) is 4.17. The number of benzene rings is 2. The molecule has 0 saturated heterocycles. The van der Waals surface area contributed by atoms with Crippen LogP contribution in [0.4, 0.5) is 15.8 Å². The molecule has 110 valence electrons. The van der Waals surface area contributed by atoms with Gasteiger partial charge in [-0.1, -0.05) is 23.2 Å². The van der Waals surface area contributed by atoms with Gasteiger partial charge < -0.3 is 10.4 Å². The first-order valence-corrected chi connectivity index (χ1v) is 6.49. The molecule has 0 saturated carbocycles. The molecule has 2 N–H and O–H groups in total. The van der Waals surface area contributed by atoms with Gasteiger partial charge in [0.05, 0.1) is 15.6 Å². The number of rotatable bonds is 4. The van der Waals surface area contributed by atoms with Crippen LogP contribution in [-0.2, 0) is 6.54 Å². The second-order valence-corrected chi connectivity index (χ2v) is 5.01. The molecule has 0 amide bonds. The molecule has 5 nitrogen and oxygen atoms in total. The topological polar surface area (TPSA) is 75.4 Å². The zero-order valence-electron chi connectivity index (χ0n) is 10.4.